The van der Waals surface area contributed by atoms with E-state index in [1.807, 2.05) is 23.2 Å². The van der Waals surface area contributed by atoms with Crippen molar-refractivity contribution in [3.8, 4) is 21.1 Å². The van der Waals surface area contributed by atoms with Crippen LogP contribution in [0.15, 0.2) is 81.5 Å². The largest absolute Gasteiger partial charge is 0.245 e. The van der Waals surface area contributed by atoms with E-state index in [0.29, 0.717) is 0 Å². The van der Waals surface area contributed by atoms with E-state index in [0.717, 1.165) is 10.0 Å². The van der Waals surface area contributed by atoms with Gasteiger partial charge in [0.2, 0.25) is 0 Å². The standard InChI is InChI=1S/C18H12N2S4/c1-3-7-15(13(5-1)17-19-9-11-21-17)23-24-16-8-4-2-6-14(16)18-20-10-12-22-18/h1-12H. The summed E-state index contributed by atoms with van der Waals surface area (Å²) in [5.74, 6) is 0. The van der Waals surface area contributed by atoms with Gasteiger partial charge in [-0.2, -0.15) is 0 Å². The lowest BCUT2D eigenvalue weighted by atomic mass is 10.2. The van der Waals surface area contributed by atoms with Crippen molar-refractivity contribution in [2.75, 3.05) is 0 Å². The van der Waals surface area contributed by atoms with Crippen molar-refractivity contribution in [2.24, 2.45) is 0 Å². The van der Waals surface area contributed by atoms with E-state index in [9.17, 15) is 0 Å². The van der Waals surface area contributed by atoms with Gasteiger partial charge in [-0.15, -0.1) is 22.7 Å². The molecular weight excluding hydrogens is 372 g/mol. The molecule has 0 aliphatic carbocycles. The number of hydrogen-bond donors (Lipinski definition) is 0. The molecule has 0 radical (unpaired) electrons. The number of rotatable bonds is 5. The first-order valence-electron chi connectivity index (χ1n) is 7.24. The highest BCUT2D eigenvalue weighted by molar-refractivity contribution is 8.76. The normalized spacial score (nSPS) is 10.8. The van der Waals surface area contributed by atoms with Gasteiger partial charge in [0.1, 0.15) is 10.0 Å². The fourth-order valence-corrected chi connectivity index (χ4v) is 6.09. The van der Waals surface area contributed by atoms with Crippen molar-refractivity contribution < 1.29 is 0 Å². The first-order chi connectivity index (χ1) is 11.9. The summed E-state index contributed by atoms with van der Waals surface area (Å²) < 4.78 is 0. The fraction of sp³-hybridized carbons (Fsp3) is 0. The average Bonchev–Trinajstić information content (AvgIpc) is 3.34. The quantitative estimate of drug-likeness (QED) is 0.356. The zero-order chi connectivity index (χ0) is 16.2. The lowest BCUT2D eigenvalue weighted by molar-refractivity contribution is 1.36. The van der Waals surface area contributed by atoms with Gasteiger partial charge in [-0.05, 0) is 12.1 Å². The minimum atomic E-state index is 1.06. The Morgan fingerprint density at radius 2 is 1.08 bits per heavy atom. The van der Waals surface area contributed by atoms with Gasteiger partial charge in [0.05, 0.1) is 0 Å². The summed E-state index contributed by atoms with van der Waals surface area (Å²) in [6, 6.07) is 16.9. The molecule has 24 heavy (non-hydrogen) atoms. The number of thiazole rings is 2. The molecule has 0 amide bonds. The molecule has 0 aliphatic heterocycles. The highest BCUT2D eigenvalue weighted by atomic mass is 33.1. The van der Waals surface area contributed by atoms with E-state index in [-0.39, 0.29) is 0 Å². The third-order valence-electron chi connectivity index (χ3n) is 3.32. The number of nitrogens with zero attached hydrogens (tertiary/aromatic N) is 2. The number of benzene rings is 2. The van der Waals surface area contributed by atoms with Crippen LogP contribution in [0, 0.1) is 0 Å². The van der Waals surface area contributed by atoms with E-state index in [1.54, 1.807) is 44.3 Å². The number of aromatic nitrogens is 2. The van der Waals surface area contributed by atoms with Crippen LogP contribution < -0.4 is 0 Å². The zero-order valence-corrected chi connectivity index (χ0v) is 15.7. The van der Waals surface area contributed by atoms with Gasteiger partial charge in [-0.25, -0.2) is 9.97 Å². The molecule has 2 aromatic carbocycles. The Balaban J connectivity index is 1.61. The topological polar surface area (TPSA) is 25.8 Å². The summed E-state index contributed by atoms with van der Waals surface area (Å²) in [7, 11) is 3.54. The van der Waals surface area contributed by atoms with E-state index in [4.69, 9.17) is 0 Å². The smallest absolute Gasteiger partial charge is 0.124 e. The van der Waals surface area contributed by atoms with Crippen LogP contribution in [-0.4, -0.2) is 9.97 Å². The first kappa shape index (κ1) is 15.9. The minimum Gasteiger partial charge on any atom is -0.245 e. The Morgan fingerprint density at radius 1 is 0.625 bits per heavy atom. The van der Waals surface area contributed by atoms with Crippen LogP contribution in [0.5, 0.6) is 0 Å². The van der Waals surface area contributed by atoms with Crippen LogP contribution in [0.4, 0.5) is 0 Å². The van der Waals surface area contributed by atoms with Gasteiger partial charge in [0, 0.05) is 44.1 Å². The monoisotopic (exact) mass is 384 g/mol. The van der Waals surface area contributed by atoms with Gasteiger partial charge in [0.25, 0.3) is 0 Å². The van der Waals surface area contributed by atoms with Gasteiger partial charge in [0.15, 0.2) is 0 Å². The minimum absolute atomic E-state index is 1.06. The van der Waals surface area contributed by atoms with Crippen molar-refractivity contribution >= 4 is 44.3 Å². The summed E-state index contributed by atoms with van der Waals surface area (Å²) in [5.41, 5.74) is 2.38. The molecule has 0 saturated carbocycles. The Kier molecular flexibility index (Phi) is 4.99. The van der Waals surface area contributed by atoms with Crippen molar-refractivity contribution in [1.29, 1.82) is 0 Å². The van der Waals surface area contributed by atoms with Crippen LogP contribution in [0.25, 0.3) is 21.1 Å². The molecule has 2 heterocycles. The van der Waals surface area contributed by atoms with E-state index in [1.165, 1.54) is 20.9 Å². The Labute approximate surface area is 156 Å². The maximum Gasteiger partial charge on any atom is 0.124 e. The second-order valence-electron chi connectivity index (χ2n) is 4.83. The van der Waals surface area contributed by atoms with Crippen molar-refractivity contribution in [3.05, 3.63) is 71.7 Å². The molecule has 2 aromatic heterocycles. The summed E-state index contributed by atoms with van der Waals surface area (Å²) in [6.45, 7) is 0. The SMILES string of the molecule is c1ccc(-c2nccs2)c(SSc2ccccc2-c2nccs2)c1. The van der Waals surface area contributed by atoms with Crippen LogP contribution in [-0.2, 0) is 0 Å². The summed E-state index contributed by atoms with van der Waals surface area (Å²) in [5, 5.41) is 6.16. The van der Waals surface area contributed by atoms with Gasteiger partial charge in [-0.3, -0.25) is 0 Å². The molecule has 0 N–H and O–H groups in total. The van der Waals surface area contributed by atoms with E-state index >= 15 is 0 Å². The molecule has 4 aromatic rings. The van der Waals surface area contributed by atoms with Crippen LogP contribution >= 0.6 is 44.3 Å². The molecular formula is C18H12N2S4. The Bertz CT molecular complexity index is 840. The van der Waals surface area contributed by atoms with Gasteiger partial charge >= 0.3 is 0 Å². The maximum atomic E-state index is 4.45. The molecule has 0 aliphatic rings. The van der Waals surface area contributed by atoms with E-state index in [2.05, 4.69) is 58.5 Å². The second kappa shape index (κ2) is 7.53. The zero-order valence-electron chi connectivity index (χ0n) is 12.5. The van der Waals surface area contributed by atoms with Crippen LogP contribution in [0.3, 0.4) is 0 Å². The molecule has 0 fully saturated rings. The van der Waals surface area contributed by atoms with Crippen molar-refractivity contribution in [2.45, 2.75) is 9.79 Å². The predicted octanol–water partition coefficient (Wildman–Crippen LogP) is 6.73. The number of hydrogen-bond acceptors (Lipinski definition) is 6. The summed E-state index contributed by atoms with van der Waals surface area (Å²) in [6.07, 6.45) is 3.71. The summed E-state index contributed by atoms with van der Waals surface area (Å²) in [4.78, 5) is 11.4. The third kappa shape index (κ3) is 3.42. The molecule has 0 saturated heterocycles. The molecule has 0 bridgehead atoms. The van der Waals surface area contributed by atoms with E-state index < -0.39 is 0 Å². The van der Waals surface area contributed by atoms with Crippen molar-refractivity contribution in [1.82, 2.24) is 9.97 Å². The molecule has 6 heteroatoms. The summed E-state index contributed by atoms with van der Waals surface area (Å²) >= 11 is 3.34. The lowest BCUT2D eigenvalue weighted by Gasteiger charge is -2.08. The van der Waals surface area contributed by atoms with Gasteiger partial charge in [-0.1, -0.05) is 58.0 Å². The van der Waals surface area contributed by atoms with Crippen LogP contribution in [0.2, 0.25) is 0 Å². The highest BCUT2D eigenvalue weighted by Gasteiger charge is 2.11. The van der Waals surface area contributed by atoms with Gasteiger partial charge < -0.3 is 0 Å². The maximum absolute atomic E-state index is 4.45. The third-order valence-corrected chi connectivity index (χ3v) is 7.42. The lowest BCUT2D eigenvalue weighted by Crippen LogP contribution is -1.81. The molecule has 0 unspecified atom stereocenters. The second-order valence-corrected chi connectivity index (χ2v) is 8.84. The fourth-order valence-electron chi connectivity index (χ4n) is 2.23. The molecule has 118 valence electrons. The average molecular weight is 385 g/mol. The predicted molar refractivity (Wildman–Crippen MR) is 107 cm³/mol. The molecule has 0 spiro atoms. The highest BCUT2D eigenvalue weighted by Crippen LogP contribution is 2.45. The van der Waals surface area contributed by atoms with Crippen LogP contribution in [0.1, 0.15) is 0 Å². The Hall–Kier alpha value is -1.60. The van der Waals surface area contributed by atoms with Crippen molar-refractivity contribution in [3.63, 3.8) is 0 Å². The molecule has 0 atom stereocenters. The Morgan fingerprint density at radius 3 is 1.50 bits per heavy atom. The molecule has 2 nitrogen and oxygen atoms in total. The molecule has 4 rings (SSSR count). The first-order valence-corrected chi connectivity index (χ1v) is 11.1.